The number of thiophene rings is 1. The van der Waals surface area contributed by atoms with Crippen LogP contribution in [-0.4, -0.2) is 20.7 Å². The molecule has 0 spiro atoms. The van der Waals surface area contributed by atoms with Crippen LogP contribution in [0.1, 0.15) is 15.9 Å². The molecule has 2 aromatic carbocycles. The first-order valence-electron chi connectivity index (χ1n) is 8.29. The molecule has 0 aliphatic heterocycles. The van der Waals surface area contributed by atoms with Crippen molar-refractivity contribution in [1.29, 1.82) is 0 Å². The molecule has 4 aromatic rings. The van der Waals surface area contributed by atoms with Crippen LogP contribution >= 0.6 is 23.1 Å². The van der Waals surface area contributed by atoms with E-state index >= 15 is 0 Å². The van der Waals surface area contributed by atoms with Gasteiger partial charge in [0.2, 0.25) is 0 Å². The van der Waals surface area contributed by atoms with E-state index in [1.54, 1.807) is 46.2 Å². The summed E-state index contributed by atoms with van der Waals surface area (Å²) in [5, 5.41) is 11.3. The van der Waals surface area contributed by atoms with E-state index in [1.165, 1.54) is 11.9 Å². The summed E-state index contributed by atoms with van der Waals surface area (Å²) in [4.78, 5) is 17.6. The zero-order chi connectivity index (χ0) is 18.5. The fourth-order valence-corrected chi connectivity index (χ4v) is 4.26. The lowest BCUT2D eigenvalue weighted by Gasteiger charge is -2.11. The first-order valence-corrected chi connectivity index (χ1v) is 10.2. The number of aromatic nitrogens is 3. The maximum atomic E-state index is 12.6. The predicted octanol–water partition coefficient (Wildman–Crippen LogP) is 4.87. The largest absolute Gasteiger partial charge is 0.321 e. The van der Waals surface area contributed by atoms with E-state index in [1.807, 2.05) is 36.4 Å². The summed E-state index contributed by atoms with van der Waals surface area (Å²) >= 11 is 3.41. The minimum Gasteiger partial charge on any atom is -0.321 e. The van der Waals surface area contributed by atoms with Crippen LogP contribution in [0.4, 0.5) is 5.69 Å². The van der Waals surface area contributed by atoms with Crippen LogP contribution in [0.2, 0.25) is 0 Å². The number of carbonyl (C=O) groups excluding carboxylic acids is 1. The monoisotopic (exact) mass is 392 g/mol. The van der Waals surface area contributed by atoms with Crippen molar-refractivity contribution in [3.8, 4) is 5.69 Å². The van der Waals surface area contributed by atoms with Gasteiger partial charge in [-0.05, 0) is 58.8 Å². The van der Waals surface area contributed by atoms with E-state index in [4.69, 9.17) is 0 Å². The van der Waals surface area contributed by atoms with Gasteiger partial charge in [0, 0.05) is 16.2 Å². The van der Waals surface area contributed by atoms with Gasteiger partial charge in [0.05, 0.1) is 11.4 Å². The van der Waals surface area contributed by atoms with Crippen LogP contribution < -0.4 is 5.32 Å². The highest BCUT2D eigenvalue weighted by molar-refractivity contribution is 7.98. The number of benzene rings is 2. The van der Waals surface area contributed by atoms with Crippen molar-refractivity contribution < 1.29 is 4.79 Å². The molecule has 4 rings (SSSR count). The molecular formula is C20H16N4OS2. The Balaban J connectivity index is 1.46. The third kappa shape index (κ3) is 4.27. The van der Waals surface area contributed by atoms with E-state index < -0.39 is 0 Å². The first-order chi connectivity index (χ1) is 13.3. The number of anilines is 1. The minimum atomic E-state index is -0.135. The molecule has 0 bridgehead atoms. The molecule has 27 heavy (non-hydrogen) atoms. The summed E-state index contributed by atoms with van der Waals surface area (Å²) in [6.45, 7) is 0. The maximum absolute atomic E-state index is 12.6. The number of nitrogens with one attached hydrogen (secondary N) is 1. The summed E-state index contributed by atoms with van der Waals surface area (Å²) in [5.41, 5.74) is 3.56. The highest BCUT2D eigenvalue weighted by atomic mass is 32.2. The third-order valence-electron chi connectivity index (χ3n) is 3.92. The van der Waals surface area contributed by atoms with Crippen molar-refractivity contribution in [2.24, 2.45) is 0 Å². The standard InChI is InChI=1S/C20H16N4OS2/c25-20(16-5-7-17(8-6-16)24-14-21-13-22-24)23-18-3-1-2-4-19(18)27-12-15-9-10-26-11-15/h1-11,13-14H,12H2,(H,23,25). The molecule has 1 amide bonds. The number of hydrogen-bond donors (Lipinski definition) is 1. The zero-order valence-corrected chi connectivity index (χ0v) is 15.9. The minimum absolute atomic E-state index is 0.135. The Morgan fingerprint density at radius 3 is 2.70 bits per heavy atom. The second-order valence-corrected chi connectivity index (χ2v) is 7.55. The Bertz CT molecular complexity index is 1010. The second-order valence-electron chi connectivity index (χ2n) is 5.76. The van der Waals surface area contributed by atoms with Crippen LogP contribution in [0.15, 0.2) is 82.9 Å². The Labute approximate surface area is 165 Å². The highest BCUT2D eigenvalue weighted by Gasteiger charge is 2.10. The van der Waals surface area contributed by atoms with Crippen LogP contribution in [0, 0.1) is 0 Å². The highest BCUT2D eigenvalue weighted by Crippen LogP contribution is 2.30. The van der Waals surface area contributed by atoms with Gasteiger partial charge in [-0.25, -0.2) is 9.67 Å². The van der Waals surface area contributed by atoms with Crippen molar-refractivity contribution in [1.82, 2.24) is 14.8 Å². The van der Waals surface area contributed by atoms with Gasteiger partial charge in [0.1, 0.15) is 12.7 Å². The lowest BCUT2D eigenvalue weighted by Crippen LogP contribution is -2.12. The molecule has 0 atom stereocenters. The molecule has 0 unspecified atom stereocenters. The summed E-state index contributed by atoms with van der Waals surface area (Å²) in [5.74, 6) is 0.743. The fraction of sp³-hybridized carbons (Fsp3) is 0.0500. The molecule has 0 aliphatic rings. The van der Waals surface area contributed by atoms with E-state index in [9.17, 15) is 4.79 Å². The topological polar surface area (TPSA) is 59.8 Å². The van der Waals surface area contributed by atoms with E-state index in [-0.39, 0.29) is 5.91 Å². The fourth-order valence-electron chi connectivity index (χ4n) is 2.53. The molecule has 5 nitrogen and oxygen atoms in total. The number of nitrogens with zero attached hydrogens (tertiary/aromatic N) is 3. The van der Waals surface area contributed by atoms with Crippen molar-refractivity contribution in [3.63, 3.8) is 0 Å². The first kappa shape index (κ1) is 17.5. The summed E-state index contributed by atoms with van der Waals surface area (Å²) in [6.07, 6.45) is 3.10. The SMILES string of the molecule is O=C(Nc1ccccc1SCc1ccsc1)c1ccc(-n2cncn2)cc1. The van der Waals surface area contributed by atoms with Gasteiger partial charge in [0.25, 0.3) is 5.91 Å². The zero-order valence-electron chi connectivity index (χ0n) is 14.3. The van der Waals surface area contributed by atoms with Gasteiger partial charge in [-0.15, -0.1) is 11.8 Å². The molecule has 134 valence electrons. The molecule has 0 fully saturated rings. The van der Waals surface area contributed by atoms with Gasteiger partial charge >= 0.3 is 0 Å². The van der Waals surface area contributed by atoms with Crippen LogP contribution in [-0.2, 0) is 5.75 Å². The number of rotatable bonds is 6. The predicted molar refractivity (Wildman–Crippen MR) is 110 cm³/mol. The van der Waals surface area contributed by atoms with Crippen LogP contribution in [0.3, 0.4) is 0 Å². The summed E-state index contributed by atoms with van der Waals surface area (Å²) < 4.78 is 1.65. The third-order valence-corrected chi connectivity index (χ3v) is 5.80. The van der Waals surface area contributed by atoms with Crippen molar-refractivity contribution in [3.05, 3.63) is 89.1 Å². The van der Waals surface area contributed by atoms with Crippen molar-refractivity contribution >= 4 is 34.7 Å². The van der Waals surface area contributed by atoms with Crippen molar-refractivity contribution in [2.45, 2.75) is 10.6 Å². The van der Waals surface area contributed by atoms with E-state index in [0.29, 0.717) is 5.56 Å². The second kappa shape index (κ2) is 8.20. The lowest BCUT2D eigenvalue weighted by molar-refractivity contribution is 0.102. The molecule has 0 aliphatic carbocycles. The number of carbonyl (C=O) groups is 1. The van der Waals surface area contributed by atoms with Crippen LogP contribution in [0.25, 0.3) is 5.69 Å². The molecule has 0 radical (unpaired) electrons. The average molecular weight is 393 g/mol. The molecule has 2 heterocycles. The Kier molecular flexibility index (Phi) is 5.32. The Morgan fingerprint density at radius 1 is 1.11 bits per heavy atom. The summed E-state index contributed by atoms with van der Waals surface area (Å²) in [7, 11) is 0. The van der Waals surface area contributed by atoms with E-state index in [2.05, 4.69) is 32.2 Å². The summed E-state index contributed by atoms with van der Waals surface area (Å²) in [6, 6.07) is 17.3. The molecule has 0 saturated carbocycles. The lowest BCUT2D eigenvalue weighted by atomic mass is 10.2. The molecule has 1 N–H and O–H groups in total. The molecule has 2 aromatic heterocycles. The molecule has 7 heteroatoms. The average Bonchev–Trinajstić information content (AvgIpc) is 3.41. The van der Waals surface area contributed by atoms with Gasteiger partial charge in [0.15, 0.2) is 0 Å². The molecular weight excluding hydrogens is 376 g/mol. The van der Waals surface area contributed by atoms with Gasteiger partial charge < -0.3 is 5.32 Å². The molecule has 0 saturated heterocycles. The number of para-hydroxylation sites is 1. The Morgan fingerprint density at radius 2 is 1.96 bits per heavy atom. The van der Waals surface area contributed by atoms with Gasteiger partial charge in [-0.1, -0.05) is 12.1 Å². The van der Waals surface area contributed by atoms with E-state index in [0.717, 1.165) is 22.0 Å². The maximum Gasteiger partial charge on any atom is 0.255 e. The smallest absolute Gasteiger partial charge is 0.255 e. The number of amides is 1. The van der Waals surface area contributed by atoms with Crippen LogP contribution in [0.5, 0.6) is 0 Å². The number of hydrogen-bond acceptors (Lipinski definition) is 5. The van der Waals surface area contributed by atoms with Gasteiger partial charge in [-0.2, -0.15) is 16.4 Å². The van der Waals surface area contributed by atoms with Gasteiger partial charge in [-0.3, -0.25) is 4.79 Å². The normalized spacial score (nSPS) is 10.7. The Hall–Kier alpha value is -2.90. The number of thioether (sulfide) groups is 1. The van der Waals surface area contributed by atoms with Crippen molar-refractivity contribution in [2.75, 3.05) is 5.32 Å². The quantitative estimate of drug-likeness (QED) is 0.476.